The number of fused-ring (bicyclic) bond motifs is 3. The van der Waals surface area contributed by atoms with Gasteiger partial charge in [0.2, 0.25) is 0 Å². The summed E-state index contributed by atoms with van der Waals surface area (Å²) in [4.78, 5) is 15.7. The van der Waals surface area contributed by atoms with Gasteiger partial charge in [-0.2, -0.15) is 0 Å². The van der Waals surface area contributed by atoms with Crippen molar-refractivity contribution in [1.29, 1.82) is 0 Å². The molecule has 67 heavy (non-hydrogen) atoms. The summed E-state index contributed by atoms with van der Waals surface area (Å²) in [5.41, 5.74) is 17.9. The fourth-order valence-corrected chi connectivity index (χ4v) is 9.15. The number of nitrogens with zero attached hydrogens (tertiary/aromatic N) is 3. The molecule has 314 valence electrons. The number of benzene rings is 10. The maximum Gasteiger partial charge on any atom is 0.164 e. The molecular weight excluding hydrogens is 815 g/mol. The number of aromatic nitrogens is 3. The van der Waals surface area contributed by atoms with Crippen LogP contribution in [0.5, 0.6) is 0 Å². The number of rotatable bonds is 9. The highest BCUT2D eigenvalue weighted by molar-refractivity contribution is 6.15. The number of hydrogen-bond donors (Lipinski definition) is 0. The third-order valence-corrected chi connectivity index (χ3v) is 12.6. The van der Waals surface area contributed by atoms with Crippen LogP contribution in [0.1, 0.15) is 0 Å². The molecule has 2 heterocycles. The van der Waals surface area contributed by atoms with Gasteiger partial charge < -0.3 is 4.42 Å². The van der Waals surface area contributed by atoms with Crippen molar-refractivity contribution in [3.05, 3.63) is 249 Å². The summed E-state index contributed by atoms with van der Waals surface area (Å²) in [7, 11) is 0. The van der Waals surface area contributed by atoms with Gasteiger partial charge in [-0.1, -0.05) is 224 Å². The van der Waals surface area contributed by atoms with Crippen LogP contribution in [-0.4, -0.2) is 15.0 Å². The summed E-state index contributed by atoms with van der Waals surface area (Å²) in [6, 6.07) is 87.0. The quantitative estimate of drug-likeness (QED) is 0.145. The second-order valence-electron chi connectivity index (χ2n) is 16.8. The van der Waals surface area contributed by atoms with Crippen LogP contribution in [-0.2, 0) is 0 Å². The van der Waals surface area contributed by atoms with Crippen LogP contribution in [0.15, 0.2) is 253 Å². The smallest absolute Gasteiger partial charge is 0.164 e. The Morgan fingerprint density at radius 3 is 1.06 bits per heavy atom. The first-order valence-electron chi connectivity index (χ1n) is 22.6. The highest BCUT2D eigenvalue weighted by Gasteiger charge is 2.20. The Morgan fingerprint density at radius 2 is 0.582 bits per heavy atom. The van der Waals surface area contributed by atoms with Crippen LogP contribution >= 0.6 is 0 Å². The lowest BCUT2D eigenvalue weighted by Crippen LogP contribution is -2.00. The largest absolute Gasteiger partial charge is 0.455 e. The van der Waals surface area contributed by atoms with Gasteiger partial charge in [-0.25, -0.2) is 15.0 Å². The zero-order chi connectivity index (χ0) is 44.5. The van der Waals surface area contributed by atoms with E-state index in [1.54, 1.807) is 0 Å². The average Bonchev–Trinajstić information content (AvgIpc) is 3.81. The molecule has 0 N–H and O–H groups in total. The molecule has 4 heteroatoms. The molecule has 12 rings (SSSR count). The van der Waals surface area contributed by atoms with Gasteiger partial charge in [-0.15, -0.1) is 0 Å². The Bertz CT molecular complexity index is 3570. The van der Waals surface area contributed by atoms with Crippen molar-refractivity contribution in [2.45, 2.75) is 0 Å². The molecule has 0 saturated carbocycles. The van der Waals surface area contributed by atoms with Gasteiger partial charge in [-0.3, -0.25) is 0 Å². The number of furan rings is 1. The summed E-state index contributed by atoms with van der Waals surface area (Å²) in [5, 5.41) is 1.96. The van der Waals surface area contributed by atoms with E-state index in [0.29, 0.717) is 17.5 Å². The molecule has 0 spiro atoms. The molecule has 2 aromatic heterocycles. The first kappa shape index (κ1) is 39.6. The van der Waals surface area contributed by atoms with E-state index < -0.39 is 0 Å². The van der Waals surface area contributed by atoms with Crippen molar-refractivity contribution in [2.75, 3.05) is 0 Å². The maximum absolute atomic E-state index is 6.79. The topological polar surface area (TPSA) is 51.8 Å². The summed E-state index contributed by atoms with van der Waals surface area (Å²) in [6.07, 6.45) is 0. The SMILES string of the molecule is c1ccc(-c2cccc(-c3ccc(-c4nc(-c5ccc(-c6cccc(-c7ccccc7)c6)cc5)nc(-c5cccc6oc7c(-c8cccc(-c9ccccc9)c8)cccc7c56)n4)cc3)c2)cc1. The first-order valence-corrected chi connectivity index (χ1v) is 22.6. The van der Waals surface area contributed by atoms with Crippen LogP contribution in [0.25, 0.3) is 123 Å². The number of para-hydroxylation sites is 1. The van der Waals surface area contributed by atoms with E-state index >= 15 is 0 Å². The van der Waals surface area contributed by atoms with Crippen molar-refractivity contribution in [2.24, 2.45) is 0 Å². The second kappa shape index (κ2) is 17.2. The van der Waals surface area contributed by atoms with E-state index in [-0.39, 0.29) is 0 Å². The van der Waals surface area contributed by atoms with E-state index in [4.69, 9.17) is 19.4 Å². The van der Waals surface area contributed by atoms with Crippen molar-refractivity contribution in [3.63, 3.8) is 0 Å². The fraction of sp³-hybridized carbons (Fsp3) is 0. The van der Waals surface area contributed by atoms with Gasteiger partial charge in [0.25, 0.3) is 0 Å². The molecule has 0 saturated heterocycles. The van der Waals surface area contributed by atoms with E-state index in [0.717, 1.165) is 77.6 Å². The molecule has 0 fully saturated rings. The highest BCUT2D eigenvalue weighted by atomic mass is 16.3. The van der Waals surface area contributed by atoms with Gasteiger partial charge in [0.15, 0.2) is 17.5 Å². The monoisotopic (exact) mass is 855 g/mol. The molecule has 0 unspecified atom stereocenters. The van der Waals surface area contributed by atoms with E-state index in [1.807, 2.05) is 30.3 Å². The van der Waals surface area contributed by atoms with Crippen LogP contribution in [0.4, 0.5) is 0 Å². The molecular formula is C63H41N3O. The third kappa shape index (κ3) is 7.77. The lowest BCUT2D eigenvalue weighted by Gasteiger charge is -2.11. The average molecular weight is 856 g/mol. The summed E-state index contributed by atoms with van der Waals surface area (Å²) in [6.45, 7) is 0. The fourth-order valence-electron chi connectivity index (χ4n) is 9.15. The zero-order valence-corrected chi connectivity index (χ0v) is 36.4. The molecule has 10 aromatic carbocycles. The van der Waals surface area contributed by atoms with Crippen LogP contribution < -0.4 is 0 Å². The molecule has 0 amide bonds. The summed E-state index contributed by atoms with van der Waals surface area (Å²) in [5.74, 6) is 1.75. The summed E-state index contributed by atoms with van der Waals surface area (Å²) < 4.78 is 6.79. The Balaban J connectivity index is 0.966. The predicted octanol–water partition coefficient (Wildman–Crippen LogP) is 16.8. The zero-order valence-electron chi connectivity index (χ0n) is 36.4. The van der Waals surface area contributed by atoms with E-state index in [9.17, 15) is 0 Å². The van der Waals surface area contributed by atoms with E-state index in [2.05, 4.69) is 218 Å². The molecule has 4 nitrogen and oxygen atoms in total. The van der Waals surface area contributed by atoms with Crippen LogP contribution in [0.3, 0.4) is 0 Å². The van der Waals surface area contributed by atoms with Gasteiger partial charge in [0, 0.05) is 33.0 Å². The van der Waals surface area contributed by atoms with Crippen molar-refractivity contribution in [1.82, 2.24) is 15.0 Å². The summed E-state index contributed by atoms with van der Waals surface area (Å²) >= 11 is 0. The Kier molecular flexibility index (Phi) is 10.2. The standard InChI is InChI=1S/C63H41N3O/c1-4-15-42(16-5-1)49-21-10-23-51(39-49)45-31-35-47(36-32-45)61-64-62(48-37-33-46(34-38-48)52-24-11-22-50(40-52)43-17-6-2-7-18-43)66-63(65-61)57-29-14-30-58-59(57)56-28-13-27-55(60(56)67-58)54-26-12-25-53(41-54)44-19-8-3-9-20-44/h1-41H. The lowest BCUT2D eigenvalue weighted by atomic mass is 9.97. The normalized spacial score (nSPS) is 11.3. The van der Waals surface area contributed by atoms with Crippen LogP contribution in [0.2, 0.25) is 0 Å². The van der Waals surface area contributed by atoms with Crippen molar-refractivity contribution >= 4 is 21.9 Å². The minimum atomic E-state index is 0.573. The molecule has 0 aliphatic heterocycles. The highest BCUT2D eigenvalue weighted by Crippen LogP contribution is 2.41. The van der Waals surface area contributed by atoms with Gasteiger partial charge >= 0.3 is 0 Å². The molecule has 0 radical (unpaired) electrons. The molecule has 0 bridgehead atoms. The van der Waals surface area contributed by atoms with Gasteiger partial charge in [-0.05, 0) is 85.5 Å². The predicted molar refractivity (Wildman–Crippen MR) is 276 cm³/mol. The molecule has 0 atom stereocenters. The van der Waals surface area contributed by atoms with Crippen molar-refractivity contribution in [3.8, 4) is 101 Å². The minimum absolute atomic E-state index is 0.573. The third-order valence-electron chi connectivity index (χ3n) is 12.6. The second-order valence-corrected chi connectivity index (χ2v) is 16.8. The van der Waals surface area contributed by atoms with E-state index in [1.165, 1.54) is 27.8 Å². The maximum atomic E-state index is 6.79. The van der Waals surface area contributed by atoms with Gasteiger partial charge in [0.1, 0.15) is 11.2 Å². The van der Waals surface area contributed by atoms with Gasteiger partial charge in [0.05, 0.1) is 0 Å². The Labute approximate surface area is 389 Å². The first-order chi connectivity index (χ1) is 33.2. The molecule has 12 aromatic rings. The number of hydrogen-bond acceptors (Lipinski definition) is 4. The lowest BCUT2D eigenvalue weighted by molar-refractivity contribution is 0.670. The van der Waals surface area contributed by atoms with Crippen molar-refractivity contribution < 1.29 is 4.42 Å². The minimum Gasteiger partial charge on any atom is -0.455 e. The molecule has 0 aliphatic rings. The molecule has 0 aliphatic carbocycles. The van der Waals surface area contributed by atoms with Crippen LogP contribution in [0, 0.1) is 0 Å². The Morgan fingerprint density at radius 1 is 0.239 bits per heavy atom. The Hall–Kier alpha value is -8.99.